The zero-order valence-corrected chi connectivity index (χ0v) is 10.3. The predicted octanol–water partition coefficient (Wildman–Crippen LogP) is 4.56. The molecule has 0 heterocycles. The van der Waals surface area contributed by atoms with Crippen molar-refractivity contribution in [3.05, 3.63) is 0 Å². The van der Waals surface area contributed by atoms with Gasteiger partial charge in [0.15, 0.2) is 0 Å². The van der Waals surface area contributed by atoms with Crippen LogP contribution in [0.25, 0.3) is 0 Å². The molecule has 88 valence electrons. The molecule has 0 aliphatic carbocycles. The fourth-order valence-electron chi connectivity index (χ4n) is 0.161. The molecule has 0 aromatic heterocycles. The van der Waals surface area contributed by atoms with Crippen molar-refractivity contribution >= 4 is 45.2 Å². The van der Waals surface area contributed by atoms with Crippen LogP contribution in [0.2, 0.25) is 0 Å². The molecule has 0 aromatic carbocycles. The van der Waals surface area contributed by atoms with Gasteiger partial charge in [-0.15, -0.1) is 0 Å². The molecule has 0 rings (SSSR count). The Kier molecular flexibility index (Phi) is 7.22. The number of rotatable bonds is 0. The first-order valence-corrected chi connectivity index (χ1v) is 5.15. The second-order valence-electron chi connectivity index (χ2n) is 1.67. The lowest BCUT2D eigenvalue weighted by molar-refractivity contribution is -0.294. The third-order valence-electron chi connectivity index (χ3n) is 0.712. The first-order valence-electron chi connectivity index (χ1n) is 2.55. The van der Waals surface area contributed by atoms with E-state index in [0.717, 1.165) is 0 Å². The summed E-state index contributed by atoms with van der Waals surface area (Å²) in [6.07, 6.45) is -11.8. The van der Waals surface area contributed by atoms with Crippen LogP contribution in [-0.2, 0) is 0 Å². The molecule has 10 heteroatoms. The summed E-state index contributed by atoms with van der Waals surface area (Å²) in [6, 6.07) is 0. The van der Waals surface area contributed by atoms with Crippen LogP contribution in [0.4, 0.5) is 35.1 Å². The topological polar surface area (TPSA) is 0 Å². The molecule has 0 fully saturated rings. The Morgan fingerprint density at radius 3 is 0.929 bits per heavy atom. The lowest BCUT2D eigenvalue weighted by Gasteiger charge is -2.23. The molecule has 0 spiro atoms. The molecule has 14 heavy (non-hydrogen) atoms. The van der Waals surface area contributed by atoms with Crippen LogP contribution in [0.3, 0.4) is 0 Å². The molecular weight excluding hydrogens is 454 g/mol. The van der Waals surface area contributed by atoms with Crippen molar-refractivity contribution in [1.29, 1.82) is 0 Å². The Morgan fingerprint density at radius 1 is 0.786 bits per heavy atom. The van der Waals surface area contributed by atoms with E-state index in [1.54, 1.807) is 22.6 Å². The van der Waals surface area contributed by atoms with Gasteiger partial charge in [-0.05, 0) is 45.2 Å². The fraction of sp³-hybridized carbons (Fsp3) is 1.00. The smallest absolute Gasteiger partial charge is 0.240 e. The minimum Gasteiger partial charge on any atom is -0.240 e. The van der Waals surface area contributed by atoms with Gasteiger partial charge in [-0.3, -0.25) is 0 Å². The predicted molar refractivity (Wildman–Crippen MR) is 50.0 cm³/mol. The van der Waals surface area contributed by atoms with Crippen LogP contribution < -0.4 is 0 Å². The molecule has 0 atom stereocenters. The van der Waals surface area contributed by atoms with Gasteiger partial charge in [-0.25, -0.2) is 8.78 Å². The molecule has 0 radical (unpaired) electrons. The summed E-state index contributed by atoms with van der Waals surface area (Å²) in [5.41, 5.74) is 0. The van der Waals surface area contributed by atoms with Gasteiger partial charge in [-0.1, -0.05) is 0 Å². The minimum absolute atomic E-state index is 0.280. The number of hydrogen-bond donors (Lipinski definition) is 0. The molecule has 0 saturated heterocycles. The maximum Gasteiger partial charge on any atom is 0.441 e. The van der Waals surface area contributed by atoms with Crippen molar-refractivity contribution in [2.24, 2.45) is 0 Å². The molecule has 0 aliphatic heterocycles. The quantitative estimate of drug-likeness (QED) is 0.285. The van der Waals surface area contributed by atoms with Crippen LogP contribution in [-0.4, -0.2) is 20.7 Å². The summed E-state index contributed by atoms with van der Waals surface area (Å²) in [7, 11) is 0. The highest BCUT2D eigenvalue weighted by Gasteiger charge is 2.71. The van der Waals surface area contributed by atoms with Gasteiger partial charge in [0.1, 0.15) is 4.68 Å². The molecule has 0 bridgehead atoms. The van der Waals surface area contributed by atoms with Crippen molar-refractivity contribution in [3.63, 3.8) is 0 Å². The third kappa shape index (κ3) is 5.11. The average molecular weight is 456 g/mol. The van der Waals surface area contributed by atoms with Crippen LogP contribution in [0.5, 0.6) is 0 Å². The highest BCUT2D eigenvalue weighted by Crippen LogP contribution is 2.50. The van der Waals surface area contributed by atoms with Crippen molar-refractivity contribution in [2.45, 2.75) is 16.0 Å². The Hall–Kier alpha value is 0.900. The number of halogens is 10. The average Bonchev–Trinajstić information content (AvgIpc) is 1.83. The maximum absolute atomic E-state index is 11.8. The summed E-state index contributed by atoms with van der Waals surface area (Å²) < 4.78 is 84.0. The monoisotopic (exact) mass is 456 g/mol. The largest absolute Gasteiger partial charge is 0.441 e. The molecule has 0 N–H and O–H groups in total. The maximum atomic E-state index is 11.8. The molecule has 0 saturated carbocycles. The Balaban J connectivity index is 0. The first-order chi connectivity index (χ1) is 5.91. The highest BCUT2D eigenvalue weighted by molar-refractivity contribution is 14.1. The summed E-state index contributed by atoms with van der Waals surface area (Å²) in [5, 5.41) is 0. The summed E-state index contributed by atoms with van der Waals surface area (Å²) in [5.74, 6) is 0. The van der Waals surface area contributed by atoms with Gasteiger partial charge in [0.25, 0.3) is 0 Å². The molecule has 0 amide bonds. The normalized spacial score (nSPS) is 13.3. The highest BCUT2D eigenvalue weighted by atomic mass is 127. The summed E-state index contributed by atoms with van der Waals surface area (Å²) in [4.78, 5) is 0. The standard InChI is InChI=1S/C3F7I.CH2FI/c4-1(11,2(5,6)7)3(8,9)10;2-1-3/h;1H2. The van der Waals surface area contributed by atoms with Gasteiger partial charge in [0.2, 0.25) is 0 Å². The van der Waals surface area contributed by atoms with Crippen LogP contribution in [0, 0.1) is 0 Å². The zero-order chi connectivity index (χ0) is 12.2. The van der Waals surface area contributed by atoms with E-state index in [4.69, 9.17) is 0 Å². The lowest BCUT2D eigenvalue weighted by atomic mass is 10.4. The van der Waals surface area contributed by atoms with Gasteiger partial charge in [0.05, 0.1) is 0 Å². The fourth-order valence-corrected chi connectivity index (χ4v) is 0.161. The molecule has 0 aromatic rings. The van der Waals surface area contributed by atoms with E-state index in [2.05, 4.69) is 0 Å². The van der Waals surface area contributed by atoms with Crippen molar-refractivity contribution in [3.8, 4) is 0 Å². The van der Waals surface area contributed by atoms with Crippen molar-refractivity contribution in [2.75, 3.05) is 4.68 Å². The number of hydrogen-bond acceptors (Lipinski definition) is 0. The first kappa shape index (κ1) is 17.3. The van der Waals surface area contributed by atoms with Gasteiger partial charge >= 0.3 is 16.0 Å². The molecular formula is C4H2F8I2. The second-order valence-corrected chi connectivity index (χ2v) is 3.73. The zero-order valence-electron chi connectivity index (χ0n) is 5.99. The van der Waals surface area contributed by atoms with Gasteiger partial charge in [0, 0.05) is 0 Å². The summed E-state index contributed by atoms with van der Waals surface area (Å²) in [6.45, 7) is 0. The van der Waals surface area contributed by atoms with Crippen molar-refractivity contribution < 1.29 is 35.1 Å². The SMILES string of the molecule is FC(F)(F)C(F)(I)C(F)(F)F.FCI. The second kappa shape index (κ2) is 5.84. The Bertz CT molecular complexity index is 142. The van der Waals surface area contributed by atoms with E-state index in [0.29, 0.717) is 0 Å². The van der Waals surface area contributed by atoms with E-state index < -0.39 is 16.0 Å². The van der Waals surface area contributed by atoms with E-state index >= 15 is 0 Å². The lowest BCUT2D eigenvalue weighted by Crippen LogP contribution is -2.47. The van der Waals surface area contributed by atoms with Crippen LogP contribution in [0.15, 0.2) is 0 Å². The molecule has 0 unspecified atom stereocenters. The Morgan fingerprint density at radius 2 is 0.929 bits per heavy atom. The van der Waals surface area contributed by atoms with E-state index in [1.165, 1.54) is 0 Å². The Labute approximate surface area is 101 Å². The third-order valence-corrected chi connectivity index (χ3v) is 1.94. The molecule has 0 nitrogen and oxygen atoms in total. The van der Waals surface area contributed by atoms with E-state index in [9.17, 15) is 35.1 Å². The van der Waals surface area contributed by atoms with E-state index in [-0.39, 0.29) is 27.3 Å². The van der Waals surface area contributed by atoms with Crippen LogP contribution >= 0.6 is 45.2 Å². The van der Waals surface area contributed by atoms with Crippen molar-refractivity contribution in [1.82, 2.24) is 0 Å². The van der Waals surface area contributed by atoms with Crippen LogP contribution in [0.1, 0.15) is 0 Å². The minimum atomic E-state index is -5.92. The van der Waals surface area contributed by atoms with E-state index in [1.807, 2.05) is 0 Å². The number of alkyl halides is 10. The molecule has 0 aliphatic rings. The van der Waals surface area contributed by atoms with Gasteiger partial charge < -0.3 is 0 Å². The van der Waals surface area contributed by atoms with Gasteiger partial charge in [-0.2, -0.15) is 26.3 Å². The summed E-state index contributed by atoms with van der Waals surface area (Å²) >= 11 is 1.29.